The minimum atomic E-state index is -3.71. The summed E-state index contributed by atoms with van der Waals surface area (Å²) in [5.74, 6) is -0.196. The van der Waals surface area contributed by atoms with E-state index >= 15 is 0 Å². The Kier molecular flexibility index (Phi) is 6.90. The monoisotopic (exact) mass is 375 g/mol. The van der Waals surface area contributed by atoms with Gasteiger partial charge in [-0.3, -0.25) is 4.79 Å². The van der Waals surface area contributed by atoms with Crippen LogP contribution in [0.4, 0.5) is 0 Å². The smallest absolute Gasteiger partial charge is 0.253 e. The largest absolute Gasteiger partial charge is 0.340 e. The first-order valence-electron chi connectivity index (χ1n) is 8.39. The fraction of sp³-hybridized carbons (Fsp3) is 0.316. The van der Waals surface area contributed by atoms with Crippen LogP contribution in [-0.2, 0) is 16.6 Å². The number of rotatable bonds is 8. The molecule has 0 heterocycles. The highest BCUT2D eigenvalue weighted by Gasteiger charge is 2.19. The summed E-state index contributed by atoms with van der Waals surface area (Å²) in [6.07, 6.45) is 0. The van der Waals surface area contributed by atoms with Crippen LogP contribution in [0.2, 0.25) is 0 Å². The van der Waals surface area contributed by atoms with Gasteiger partial charge in [-0.05, 0) is 37.2 Å². The number of hydrogen-bond acceptors (Lipinski definition) is 4. The first kappa shape index (κ1) is 20.1. The molecule has 26 heavy (non-hydrogen) atoms. The summed E-state index contributed by atoms with van der Waals surface area (Å²) in [6, 6.07) is 13.9. The van der Waals surface area contributed by atoms with E-state index in [1.54, 1.807) is 24.9 Å². The molecule has 0 atom stereocenters. The normalized spacial score (nSPS) is 11.3. The maximum absolute atomic E-state index is 12.6. The maximum atomic E-state index is 12.6. The molecule has 0 spiro atoms. The first-order chi connectivity index (χ1) is 12.3. The third-order valence-corrected chi connectivity index (χ3v) is 5.50. The van der Waals surface area contributed by atoms with Crippen molar-refractivity contribution in [3.63, 3.8) is 0 Å². The van der Waals surface area contributed by atoms with E-state index in [4.69, 9.17) is 0 Å². The lowest BCUT2D eigenvalue weighted by atomic mass is 10.1. The van der Waals surface area contributed by atoms with Gasteiger partial charge in [-0.25, -0.2) is 13.1 Å². The molecule has 140 valence electrons. The molecular weight excluding hydrogens is 350 g/mol. The van der Waals surface area contributed by atoms with Crippen LogP contribution in [0.1, 0.15) is 21.5 Å². The molecule has 2 aromatic carbocycles. The third kappa shape index (κ3) is 5.14. The van der Waals surface area contributed by atoms with Gasteiger partial charge in [0.2, 0.25) is 10.0 Å². The predicted molar refractivity (Wildman–Crippen MR) is 103 cm³/mol. The summed E-state index contributed by atoms with van der Waals surface area (Å²) < 4.78 is 27.8. The lowest BCUT2D eigenvalue weighted by Crippen LogP contribution is -2.33. The van der Waals surface area contributed by atoms with Gasteiger partial charge in [-0.15, -0.1) is 0 Å². The van der Waals surface area contributed by atoms with Crippen molar-refractivity contribution in [3.8, 4) is 0 Å². The molecule has 2 aromatic rings. The second kappa shape index (κ2) is 8.93. The van der Waals surface area contributed by atoms with Crippen molar-refractivity contribution in [2.24, 2.45) is 0 Å². The Hall–Kier alpha value is -2.22. The van der Waals surface area contributed by atoms with Crippen LogP contribution >= 0.6 is 0 Å². The second-order valence-corrected chi connectivity index (χ2v) is 7.88. The van der Waals surface area contributed by atoms with E-state index in [0.717, 1.165) is 11.1 Å². The van der Waals surface area contributed by atoms with Crippen molar-refractivity contribution in [1.29, 1.82) is 0 Å². The highest BCUT2D eigenvalue weighted by Crippen LogP contribution is 2.17. The molecule has 2 rings (SSSR count). The fourth-order valence-corrected chi connectivity index (χ4v) is 3.49. The SMILES string of the molecule is CNCCN(C)C(=O)c1cc(S(=O)(=O)NCc2ccccc2)ccc1C. The van der Waals surface area contributed by atoms with E-state index in [2.05, 4.69) is 10.0 Å². The maximum Gasteiger partial charge on any atom is 0.253 e. The highest BCUT2D eigenvalue weighted by molar-refractivity contribution is 7.89. The molecule has 0 radical (unpaired) electrons. The number of sulfonamides is 1. The highest BCUT2D eigenvalue weighted by atomic mass is 32.2. The van der Waals surface area contributed by atoms with Crippen molar-refractivity contribution >= 4 is 15.9 Å². The Morgan fingerprint density at radius 1 is 1.12 bits per heavy atom. The summed E-state index contributed by atoms with van der Waals surface area (Å²) in [4.78, 5) is 14.3. The number of aryl methyl sites for hydroxylation is 1. The predicted octanol–water partition coefficient (Wildman–Crippen LogP) is 1.76. The zero-order valence-electron chi connectivity index (χ0n) is 15.3. The van der Waals surface area contributed by atoms with Gasteiger partial charge < -0.3 is 10.2 Å². The van der Waals surface area contributed by atoms with Crippen LogP contribution in [0.15, 0.2) is 53.4 Å². The molecule has 0 saturated carbocycles. The van der Waals surface area contributed by atoms with Crippen molar-refractivity contribution in [1.82, 2.24) is 14.9 Å². The Bertz CT molecular complexity index is 852. The van der Waals surface area contributed by atoms with E-state index in [0.29, 0.717) is 18.7 Å². The van der Waals surface area contributed by atoms with E-state index < -0.39 is 10.0 Å². The Balaban J connectivity index is 2.20. The number of carbonyl (C=O) groups is 1. The van der Waals surface area contributed by atoms with Gasteiger partial charge in [0, 0.05) is 32.2 Å². The van der Waals surface area contributed by atoms with Crippen molar-refractivity contribution in [2.45, 2.75) is 18.4 Å². The molecule has 0 unspecified atom stereocenters. The summed E-state index contributed by atoms with van der Waals surface area (Å²) >= 11 is 0. The summed E-state index contributed by atoms with van der Waals surface area (Å²) in [5, 5.41) is 2.99. The zero-order valence-corrected chi connectivity index (χ0v) is 16.1. The quantitative estimate of drug-likeness (QED) is 0.737. The van der Waals surface area contributed by atoms with Gasteiger partial charge >= 0.3 is 0 Å². The van der Waals surface area contributed by atoms with E-state index in [-0.39, 0.29) is 17.3 Å². The molecule has 0 bridgehead atoms. The molecule has 0 aliphatic heterocycles. The van der Waals surface area contributed by atoms with Crippen LogP contribution < -0.4 is 10.0 Å². The number of carbonyl (C=O) groups excluding carboxylic acids is 1. The van der Waals surface area contributed by atoms with Crippen molar-refractivity contribution in [3.05, 3.63) is 65.2 Å². The number of nitrogens with one attached hydrogen (secondary N) is 2. The molecule has 0 aromatic heterocycles. The molecule has 7 heteroatoms. The van der Waals surface area contributed by atoms with E-state index in [1.165, 1.54) is 12.1 Å². The van der Waals surface area contributed by atoms with Crippen LogP contribution in [0.3, 0.4) is 0 Å². The Morgan fingerprint density at radius 3 is 2.46 bits per heavy atom. The minimum absolute atomic E-state index is 0.0874. The molecular formula is C19H25N3O3S. The van der Waals surface area contributed by atoms with Crippen molar-refractivity contribution in [2.75, 3.05) is 27.2 Å². The van der Waals surface area contributed by atoms with Crippen LogP contribution in [0.25, 0.3) is 0 Å². The van der Waals surface area contributed by atoms with Gasteiger partial charge in [0.25, 0.3) is 5.91 Å². The summed E-state index contributed by atoms with van der Waals surface area (Å²) in [6.45, 7) is 3.20. The van der Waals surface area contributed by atoms with Crippen LogP contribution in [0.5, 0.6) is 0 Å². The first-order valence-corrected chi connectivity index (χ1v) is 9.88. The topological polar surface area (TPSA) is 78.5 Å². The van der Waals surface area contributed by atoms with Gasteiger partial charge in [0.1, 0.15) is 0 Å². The van der Waals surface area contributed by atoms with Crippen molar-refractivity contribution < 1.29 is 13.2 Å². The Morgan fingerprint density at radius 2 is 1.81 bits per heavy atom. The number of likely N-dealkylation sites (N-methyl/N-ethyl adjacent to an activating group) is 2. The molecule has 0 aliphatic carbocycles. The van der Waals surface area contributed by atoms with Crippen LogP contribution in [0, 0.1) is 6.92 Å². The lowest BCUT2D eigenvalue weighted by Gasteiger charge is -2.19. The molecule has 6 nitrogen and oxygen atoms in total. The molecule has 0 saturated heterocycles. The molecule has 2 N–H and O–H groups in total. The molecule has 0 aliphatic rings. The third-order valence-electron chi connectivity index (χ3n) is 4.10. The summed E-state index contributed by atoms with van der Waals surface area (Å²) in [7, 11) is -0.190. The lowest BCUT2D eigenvalue weighted by molar-refractivity contribution is 0.0796. The summed E-state index contributed by atoms with van der Waals surface area (Å²) in [5.41, 5.74) is 2.01. The number of amides is 1. The van der Waals surface area contributed by atoms with Crippen LogP contribution in [-0.4, -0.2) is 46.4 Å². The fourth-order valence-electron chi connectivity index (χ4n) is 2.44. The zero-order chi connectivity index (χ0) is 19.2. The second-order valence-electron chi connectivity index (χ2n) is 6.12. The number of benzene rings is 2. The van der Waals surface area contributed by atoms with Gasteiger partial charge in [-0.1, -0.05) is 36.4 Å². The van der Waals surface area contributed by atoms with Gasteiger partial charge in [-0.2, -0.15) is 0 Å². The Labute approximate surface area is 155 Å². The average Bonchev–Trinajstić information content (AvgIpc) is 2.65. The average molecular weight is 375 g/mol. The minimum Gasteiger partial charge on any atom is -0.340 e. The number of nitrogens with zero attached hydrogens (tertiary/aromatic N) is 1. The van der Waals surface area contributed by atoms with E-state index in [1.807, 2.05) is 37.4 Å². The standard InChI is InChI=1S/C19H25N3O3S/c1-15-9-10-17(13-18(15)19(23)22(3)12-11-20-2)26(24,25)21-14-16-7-5-4-6-8-16/h4-10,13,20-21H,11-12,14H2,1-3H3. The molecule has 1 amide bonds. The van der Waals surface area contributed by atoms with Gasteiger partial charge in [0.15, 0.2) is 0 Å². The number of hydrogen-bond donors (Lipinski definition) is 2. The van der Waals surface area contributed by atoms with Gasteiger partial charge in [0.05, 0.1) is 4.90 Å². The molecule has 0 fully saturated rings. The van der Waals surface area contributed by atoms with E-state index in [9.17, 15) is 13.2 Å².